The molecule has 4 nitrogen and oxygen atoms in total. The van der Waals surface area contributed by atoms with Gasteiger partial charge in [-0.25, -0.2) is 4.39 Å². The highest BCUT2D eigenvalue weighted by Gasteiger charge is 2.35. The SMILES string of the molecule is N#Cc1ccc(-c2cc(CC3CN4CCC4CO3)ccc2N2CCC2)cc1F. The van der Waals surface area contributed by atoms with Crippen LogP contribution >= 0.6 is 0 Å². The minimum atomic E-state index is -0.459. The Bertz CT molecular complexity index is 934. The molecule has 0 aromatic heterocycles. The number of halogens is 1. The molecule has 5 rings (SSSR count). The number of hydrogen-bond donors (Lipinski definition) is 0. The fourth-order valence-corrected chi connectivity index (χ4v) is 4.42. The smallest absolute Gasteiger partial charge is 0.141 e. The van der Waals surface area contributed by atoms with E-state index in [9.17, 15) is 4.39 Å². The van der Waals surface area contributed by atoms with Crippen molar-refractivity contribution in [3.8, 4) is 17.2 Å². The Balaban J connectivity index is 1.44. The molecule has 0 radical (unpaired) electrons. The second-order valence-corrected chi connectivity index (χ2v) is 8.10. The summed E-state index contributed by atoms with van der Waals surface area (Å²) in [4.78, 5) is 4.84. The molecule has 2 unspecified atom stereocenters. The first-order valence-corrected chi connectivity index (χ1v) is 10.1. The van der Waals surface area contributed by atoms with E-state index in [0.717, 1.165) is 49.5 Å². The normalized spacial score (nSPS) is 24.1. The average Bonchev–Trinajstić information content (AvgIpc) is 2.64. The molecule has 2 aromatic rings. The monoisotopic (exact) mass is 377 g/mol. The van der Waals surface area contributed by atoms with Crippen molar-refractivity contribution >= 4 is 5.69 Å². The Morgan fingerprint density at radius 2 is 2.04 bits per heavy atom. The molecule has 3 heterocycles. The molecule has 3 fully saturated rings. The molecule has 2 atom stereocenters. The van der Waals surface area contributed by atoms with Crippen molar-refractivity contribution in [2.45, 2.75) is 31.4 Å². The van der Waals surface area contributed by atoms with Crippen molar-refractivity contribution in [1.29, 1.82) is 5.26 Å². The molecule has 3 aliphatic rings. The lowest BCUT2D eigenvalue weighted by Crippen LogP contribution is -2.58. The van der Waals surface area contributed by atoms with Gasteiger partial charge in [0.15, 0.2) is 0 Å². The highest BCUT2D eigenvalue weighted by Crippen LogP contribution is 2.36. The summed E-state index contributed by atoms with van der Waals surface area (Å²) in [6.07, 6.45) is 3.54. The Kier molecular flexibility index (Phi) is 4.54. The van der Waals surface area contributed by atoms with Gasteiger partial charge >= 0.3 is 0 Å². The summed E-state index contributed by atoms with van der Waals surface area (Å²) in [5.74, 6) is -0.459. The highest BCUT2D eigenvalue weighted by atomic mass is 19.1. The van der Waals surface area contributed by atoms with Gasteiger partial charge in [-0.15, -0.1) is 0 Å². The van der Waals surface area contributed by atoms with Crippen molar-refractivity contribution in [3.63, 3.8) is 0 Å². The molecule has 0 amide bonds. The van der Waals surface area contributed by atoms with Gasteiger partial charge in [0.2, 0.25) is 0 Å². The number of rotatable bonds is 4. The molecule has 3 aliphatic heterocycles. The van der Waals surface area contributed by atoms with Crippen LogP contribution in [-0.2, 0) is 11.2 Å². The van der Waals surface area contributed by atoms with Crippen molar-refractivity contribution in [1.82, 2.24) is 4.90 Å². The van der Waals surface area contributed by atoms with Gasteiger partial charge in [-0.2, -0.15) is 5.26 Å². The van der Waals surface area contributed by atoms with Crippen molar-refractivity contribution in [3.05, 3.63) is 53.3 Å². The maximum absolute atomic E-state index is 14.3. The third-order valence-corrected chi connectivity index (χ3v) is 6.35. The largest absolute Gasteiger partial charge is 0.375 e. The number of morpholine rings is 1. The molecule has 0 N–H and O–H groups in total. The van der Waals surface area contributed by atoms with Crippen LogP contribution < -0.4 is 4.90 Å². The van der Waals surface area contributed by atoms with Gasteiger partial charge in [0.05, 0.1) is 18.3 Å². The van der Waals surface area contributed by atoms with Crippen LogP contribution in [0, 0.1) is 17.1 Å². The molecule has 2 aromatic carbocycles. The van der Waals surface area contributed by atoms with Crippen molar-refractivity contribution in [2.24, 2.45) is 0 Å². The summed E-state index contributed by atoms with van der Waals surface area (Å²) in [5.41, 5.74) is 4.32. The van der Waals surface area contributed by atoms with E-state index < -0.39 is 5.82 Å². The molecule has 28 heavy (non-hydrogen) atoms. The van der Waals surface area contributed by atoms with E-state index in [-0.39, 0.29) is 11.7 Å². The lowest BCUT2D eigenvalue weighted by Gasteiger charge is -2.47. The van der Waals surface area contributed by atoms with E-state index >= 15 is 0 Å². The quantitative estimate of drug-likeness (QED) is 0.816. The first-order valence-electron chi connectivity index (χ1n) is 10.1. The lowest BCUT2D eigenvalue weighted by molar-refractivity contribution is -0.102. The van der Waals surface area contributed by atoms with Crippen LogP contribution in [0.25, 0.3) is 11.1 Å². The minimum Gasteiger partial charge on any atom is -0.375 e. The molecule has 5 heteroatoms. The predicted molar refractivity (Wildman–Crippen MR) is 107 cm³/mol. The summed E-state index contributed by atoms with van der Waals surface area (Å²) in [7, 11) is 0. The van der Waals surface area contributed by atoms with Gasteiger partial charge < -0.3 is 9.64 Å². The summed E-state index contributed by atoms with van der Waals surface area (Å²) >= 11 is 0. The predicted octanol–water partition coefficient (Wildman–Crippen LogP) is 3.59. The van der Waals surface area contributed by atoms with E-state index in [4.69, 9.17) is 10.00 Å². The first kappa shape index (κ1) is 17.7. The standard InChI is InChI=1S/C23H24FN3O/c24-22-12-17(3-4-18(22)13-25)21-11-16(2-5-23(21)26-7-1-8-26)10-20-14-27-9-6-19(27)15-28-20/h2-5,11-12,19-20H,1,6-10,14-15H2. The number of hydrogen-bond acceptors (Lipinski definition) is 4. The van der Waals surface area contributed by atoms with Gasteiger partial charge in [-0.05, 0) is 54.7 Å². The summed E-state index contributed by atoms with van der Waals surface area (Å²) < 4.78 is 20.3. The molecule has 0 aliphatic carbocycles. The molecule has 0 saturated carbocycles. The van der Waals surface area contributed by atoms with Crippen molar-refractivity contribution in [2.75, 3.05) is 37.7 Å². The van der Waals surface area contributed by atoms with Crippen LogP contribution in [0.5, 0.6) is 0 Å². The Morgan fingerprint density at radius 3 is 2.68 bits per heavy atom. The zero-order chi connectivity index (χ0) is 19.1. The number of anilines is 1. The van der Waals surface area contributed by atoms with Crippen molar-refractivity contribution < 1.29 is 9.13 Å². The number of benzene rings is 2. The van der Waals surface area contributed by atoms with Crippen LogP contribution in [-0.4, -0.2) is 49.8 Å². The third-order valence-electron chi connectivity index (χ3n) is 6.35. The molecular formula is C23H24FN3O. The fraction of sp³-hybridized carbons (Fsp3) is 0.435. The summed E-state index contributed by atoms with van der Waals surface area (Å²) in [5, 5.41) is 9.03. The fourth-order valence-electron chi connectivity index (χ4n) is 4.42. The number of nitrogens with zero attached hydrogens (tertiary/aromatic N) is 3. The van der Waals surface area contributed by atoms with E-state index in [1.165, 1.54) is 31.0 Å². The van der Waals surface area contributed by atoms with Gasteiger partial charge in [-0.1, -0.05) is 12.1 Å². The van der Waals surface area contributed by atoms with E-state index in [1.54, 1.807) is 6.07 Å². The maximum atomic E-state index is 14.3. The number of nitriles is 1. The maximum Gasteiger partial charge on any atom is 0.141 e. The van der Waals surface area contributed by atoms with E-state index in [2.05, 4.69) is 28.0 Å². The zero-order valence-electron chi connectivity index (χ0n) is 15.9. The van der Waals surface area contributed by atoms with Crippen LogP contribution in [0.2, 0.25) is 0 Å². The zero-order valence-corrected chi connectivity index (χ0v) is 15.9. The van der Waals surface area contributed by atoms with E-state index in [1.807, 2.05) is 12.1 Å². The topological polar surface area (TPSA) is 39.5 Å². The Hall–Kier alpha value is -2.42. The van der Waals surface area contributed by atoms with Crippen LogP contribution in [0.4, 0.5) is 10.1 Å². The molecule has 3 saturated heterocycles. The van der Waals surface area contributed by atoms with Crippen LogP contribution in [0.3, 0.4) is 0 Å². The van der Waals surface area contributed by atoms with Gasteiger partial charge in [0.1, 0.15) is 11.9 Å². The molecular weight excluding hydrogens is 353 g/mol. The second-order valence-electron chi connectivity index (χ2n) is 8.10. The highest BCUT2D eigenvalue weighted by molar-refractivity contribution is 5.80. The molecule has 0 spiro atoms. The number of ether oxygens (including phenoxy) is 1. The van der Waals surface area contributed by atoms with Gasteiger partial charge in [0.25, 0.3) is 0 Å². The molecule has 144 valence electrons. The van der Waals surface area contributed by atoms with Gasteiger partial charge in [-0.3, -0.25) is 4.90 Å². The van der Waals surface area contributed by atoms with Crippen LogP contribution in [0.15, 0.2) is 36.4 Å². The third kappa shape index (κ3) is 3.17. The number of fused-ring (bicyclic) bond motifs is 1. The van der Waals surface area contributed by atoms with E-state index in [0.29, 0.717) is 6.04 Å². The average molecular weight is 377 g/mol. The Labute approximate surface area is 165 Å². The first-order chi connectivity index (χ1) is 13.7. The lowest BCUT2D eigenvalue weighted by atomic mass is 9.94. The minimum absolute atomic E-state index is 0.0881. The molecule has 0 bridgehead atoms. The second kappa shape index (κ2) is 7.20. The van der Waals surface area contributed by atoms with Gasteiger partial charge in [0, 0.05) is 43.5 Å². The summed E-state index contributed by atoms with van der Waals surface area (Å²) in [6, 6.07) is 14.0. The Morgan fingerprint density at radius 1 is 1.14 bits per heavy atom. The van der Waals surface area contributed by atoms with Crippen LogP contribution in [0.1, 0.15) is 24.0 Å². The summed E-state index contributed by atoms with van der Waals surface area (Å²) in [6.45, 7) is 5.10.